The predicted octanol–water partition coefficient (Wildman–Crippen LogP) is 5.50. The predicted molar refractivity (Wildman–Crippen MR) is 126 cm³/mol. The van der Waals surface area contributed by atoms with Crippen molar-refractivity contribution in [1.82, 2.24) is 0 Å². The molecule has 0 aliphatic heterocycles. The van der Waals surface area contributed by atoms with E-state index in [9.17, 15) is 15.3 Å². The van der Waals surface area contributed by atoms with Gasteiger partial charge in [-0.3, -0.25) is 0 Å². The molecule has 0 aromatic carbocycles. The fourth-order valence-electron chi connectivity index (χ4n) is 8.16. The number of hydrogen-bond acceptors (Lipinski definition) is 3. The van der Waals surface area contributed by atoms with Crippen LogP contribution in [0.3, 0.4) is 0 Å². The van der Waals surface area contributed by atoms with Crippen molar-refractivity contribution in [2.24, 2.45) is 46.3 Å². The first kappa shape index (κ1) is 23.5. The van der Waals surface area contributed by atoms with Crippen molar-refractivity contribution in [3.05, 3.63) is 23.8 Å². The Morgan fingerprint density at radius 3 is 2.32 bits per heavy atom. The molecule has 0 heterocycles. The number of aliphatic hydroxyl groups excluding tert-OH is 2. The van der Waals surface area contributed by atoms with Gasteiger partial charge >= 0.3 is 0 Å². The number of aliphatic hydroxyl groups is 3. The minimum atomic E-state index is -1.20. The van der Waals surface area contributed by atoms with Crippen LogP contribution >= 0.6 is 0 Å². The Bertz CT molecular complexity index is 741. The van der Waals surface area contributed by atoms with Crippen LogP contribution in [0.1, 0.15) is 86.5 Å². The van der Waals surface area contributed by atoms with E-state index in [0.717, 1.165) is 19.3 Å². The Hall–Kier alpha value is -0.640. The van der Waals surface area contributed by atoms with Crippen molar-refractivity contribution in [2.45, 2.75) is 104 Å². The summed E-state index contributed by atoms with van der Waals surface area (Å²) in [5.41, 5.74) is 0.160. The maximum atomic E-state index is 11.6. The van der Waals surface area contributed by atoms with Crippen LogP contribution in [-0.4, -0.2) is 33.1 Å². The molecular weight excluding hydrogens is 384 g/mol. The second-order valence-corrected chi connectivity index (χ2v) is 12.5. The third-order valence-electron chi connectivity index (χ3n) is 10.7. The number of fused-ring (bicyclic) bond motifs is 5. The highest BCUT2D eigenvalue weighted by Gasteiger charge is 2.64. The van der Waals surface area contributed by atoms with Gasteiger partial charge in [0.15, 0.2) is 0 Å². The van der Waals surface area contributed by atoms with Gasteiger partial charge in [-0.2, -0.15) is 0 Å². The van der Waals surface area contributed by atoms with Crippen molar-refractivity contribution < 1.29 is 15.3 Å². The van der Waals surface area contributed by atoms with Gasteiger partial charge in [0.1, 0.15) is 11.7 Å². The molecule has 0 aromatic rings. The lowest BCUT2D eigenvalue weighted by molar-refractivity contribution is -0.210. The van der Waals surface area contributed by atoms with Crippen LogP contribution in [0.4, 0.5) is 0 Å². The molecule has 176 valence electrons. The highest BCUT2D eigenvalue weighted by molar-refractivity contribution is 5.33. The lowest BCUT2D eigenvalue weighted by Gasteiger charge is -2.62. The summed E-state index contributed by atoms with van der Waals surface area (Å²) < 4.78 is 0. The normalized spacial score (nSPS) is 49.4. The van der Waals surface area contributed by atoms with Crippen LogP contribution in [0.15, 0.2) is 23.8 Å². The van der Waals surface area contributed by atoms with Crippen LogP contribution in [0.5, 0.6) is 0 Å². The molecule has 0 saturated heterocycles. The van der Waals surface area contributed by atoms with Gasteiger partial charge in [0.2, 0.25) is 0 Å². The molecule has 0 radical (unpaired) electrons. The Kier molecular flexibility index (Phi) is 6.06. The average Bonchev–Trinajstić information content (AvgIpc) is 3.05. The van der Waals surface area contributed by atoms with Gasteiger partial charge in [0.05, 0.1) is 6.10 Å². The molecule has 3 heteroatoms. The van der Waals surface area contributed by atoms with E-state index in [2.05, 4.69) is 53.7 Å². The summed E-state index contributed by atoms with van der Waals surface area (Å²) in [6, 6.07) is 0. The zero-order valence-corrected chi connectivity index (χ0v) is 20.6. The van der Waals surface area contributed by atoms with E-state index in [1.165, 1.54) is 24.8 Å². The lowest BCUT2D eigenvalue weighted by atomic mass is 9.45. The fourth-order valence-corrected chi connectivity index (χ4v) is 8.16. The van der Waals surface area contributed by atoms with Crippen LogP contribution < -0.4 is 0 Å². The lowest BCUT2D eigenvalue weighted by Crippen LogP contribution is -2.65. The van der Waals surface area contributed by atoms with Crippen molar-refractivity contribution >= 4 is 0 Å². The highest BCUT2D eigenvalue weighted by Crippen LogP contribution is 2.67. The largest absolute Gasteiger partial charge is 0.393 e. The van der Waals surface area contributed by atoms with Crippen LogP contribution in [-0.2, 0) is 0 Å². The molecule has 0 aromatic heterocycles. The van der Waals surface area contributed by atoms with E-state index in [1.807, 2.05) is 6.08 Å². The van der Waals surface area contributed by atoms with Crippen molar-refractivity contribution in [3.63, 3.8) is 0 Å². The third-order valence-corrected chi connectivity index (χ3v) is 10.7. The molecule has 4 rings (SSSR count). The van der Waals surface area contributed by atoms with Crippen LogP contribution in [0.25, 0.3) is 0 Å². The second-order valence-electron chi connectivity index (χ2n) is 12.5. The summed E-state index contributed by atoms with van der Waals surface area (Å²) in [7, 11) is 0. The summed E-state index contributed by atoms with van der Waals surface area (Å²) >= 11 is 0. The zero-order chi connectivity index (χ0) is 22.8. The van der Waals surface area contributed by atoms with E-state index < -0.39 is 17.8 Å². The third kappa shape index (κ3) is 3.49. The van der Waals surface area contributed by atoms with E-state index in [1.54, 1.807) is 0 Å². The van der Waals surface area contributed by atoms with Gasteiger partial charge in [0, 0.05) is 11.8 Å². The van der Waals surface area contributed by atoms with E-state index in [4.69, 9.17) is 0 Å². The van der Waals surface area contributed by atoms with Crippen LogP contribution in [0.2, 0.25) is 0 Å². The maximum Gasteiger partial charge on any atom is 0.102 e. The van der Waals surface area contributed by atoms with Gasteiger partial charge in [0.25, 0.3) is 0 Å². The van der Waals surface area contributed by atoms with Gasteiger partial charge in [-0.15, -0.1) is 0 Å². The van der Waals surface area contributed by atoms with Crippen molar-refractivity contribution in [2.75, 3.05) is 0 Å². The molecule has 3 nitrogen and oxygen atoms in total. The summed E-state index contributed by atoms with van der Waals surface area (Å²) in [6.07, 6.45) is 12.1. The SMILES string of the molecule is CC(C)C(C)C=CC(C)C1CCC2C3=CC(O)[C@@]4(O)CC(O)CC[C@]4(C)C3CC[C@@]21C. The number of hydrogen-bond donors (Lipinski definition) is 3. The van der Waals surface area contributed by atoms with E-state index in [-0.39, 0.29) is 10.8 Å². The Morgan fingerprint density at radius 2 is 1.65 bits per heavy atom. The summed E-state index contributed by atoms with van der Waals surface area (Å²) in [4.78, 5) is 0. The standard InChI is InChI=1S/C28H46O3/c1-17(2)18(3)7-8-19(4)22-9-10-23-21-15-25(30)28(31)16-20(29)11-14-27(28,6)24(21)12-13-26(22,23)5/h7-8,15,17-20,22-25,29-31H,9-14,16H2,1-6H3/t18?,19?,20?,22?,23?,24?,25?,26-,27-,28+/m1/s1. The molecule has 7 unspecified atom stereocenters. The first-order valence-corrected chi connectivity index (χ1v) is 12.9. The van der Waals surface area contributed by atoms with E-state index >= 15 is 0 Å². The Balaban J connectivity index is 1.61. The molecule has 31 heavy (non-hydrogen) atoms. The molecule has 3 N–H and O–H groups in total. The summed E-state index contributed by atoms with van der Waals surface area (Å²) in [5.74, 6) is 3.37. The molecule has 0 spiro atoms. The fraction of sp³-hybridized carbons (Fsp3) is 0.857. The quantitative estimate of drug-likeness (QED) is 0.516. The zero-order valence-electron chi connectivity index (χ0n) is 20.6. The van der Waals surface area contributed by atoms with Gasteiger partial charge < -0.3 is 15.3 Å². The molecule has 0 bridgehead atoms. The summed E-state index contributed by atoms with van der Waals surface area (Å²) in [6.45, 7) is 14.0. The Labute approximate surface area is 190 Å². The van der Waals surface area contributed by atoms with Crippen molar-refractivity contribution in [1.29, 1.82) is 0 Å². The first-order valence-electron chi connectivity index (χ1n) is 12.9. The topological polar surface area (TPSA) is 60.7 Å². The molecule has 4 aliphatic rings. The van der Waals surface area contributed by atoms with Gasteiger partial charge in [-0.1, -0.05) is 65.3 Å². The molecule has 3 saturated carbocycles. The second kappa shape index (κ2) is 7.99. The molecule has 4 aliphatic carbocycles. The number of rotatable bonds is 4. The van der Waals surface area contributed by atoms with Crippen molar-refractivity contribution in [3.8, 4) is 0 Å². The Morgan fingerprint density at radius 1 is 0.935 bits per heavy atom. The van der Waals surface area contributed by atoms with Crippen LogP contribution in [0, 0.1) is 46.3 Å². The molecular formula is C28H46O3. The molecule has 0 amide bonds. The minimum Gasteiger partial charge on any atom is -0.393 e. The maximum absolute atomic E-state index is 11.6. The molecule has 3 fully saturated rings. The van der Waals surface area contributed by atoms with Gasteiger partial charge in [-0.25, -0.2) is 0 Å². The minimum absolute atomic E-state index is 0.271. The average molecular weight is 431 g/mol. The first-order chi connectivity index (χ1) is 14.4. The molecule has 10 atom stereocenters. The highest BCUT2D eigenvalue weighted by atomic mass is 16.3. The monoisotopic (exact) mass is 430 g/mol. The van der Waals surface area contributed by atoms with E-state index in [0.29, 0.717) is 41.9 Å². The van der Waals surface area contributed by atoms with Gasteiger partial charge in [-0.05, 0) is 79.4 Å². The number of allylic oxidation sites excluding steroid dienone is 3. The smallest absolute Gasteiger partial charge is 0.102 e. The summed E-state index contributed by atoms with van der Waals surface area (Å²) in [5, 5.41) is 32.9.